The third-order valence-corrected chi connectivity index (χ3v) is 8.56. The molecule has 2 aliphatic heterocycles. The predicted octanol–water partition coefficient (Wildman–Crippen LogP) is 6.15. The molecule has 0 bridgehead atoms. The normalized spacial score (nSPS) is 21.8. The predicted molar refractivity (Wildman–Crippen MR) is 150 cm³/mol. The van der Waals surface area contributed by atoms with Crippen molar-refractivity contribution in [1.82, 2.24) is 0 Å². The summed E-state index contributed by atoms with van der Waals surface area (Å²) in [6.07, 6.45) is 3.79. The summed E-state index contributed by atoms with van der Waals surface area (Å²) in [5, 5.41) is 0. The Labute approximate surface area is 230 Å². The number of halogens is 1. The molecule has 196 valence electrons. The van der Waals surface area contributed by atoms with E-state index < -0.39 is 29.2 Å². The van der Waals surface area contributed by atoms with E-state index in [-0.39, 0.29) is 17.3 Å². The Morgan fingerprint density at radius 3 is 2.23 bits per heavy atom. The van der Waals surface area contributed by atoms with Gasteiger partial charge in [0.25, 0.3) is 0 Å². The lowest BCUT2D eigenvalue weighted by Gasteiger charge is -2.37. The van der Waals surface area contributed by atoms with Crippen molar-refractivity contribution in [3.8, 4) is 5.75 Å². The Kier molecular flexibility index (Phi) is 5.36. The summed E-state index contributed by atoms with van der Waals surface area (Å²) in [6.45, 7) is 0. The third-order valence-electron chi connectivity index (χ3n) is 8.56. The van der Waals surface area contributed by atoms with Gasteiger partial charge in [-0.25, -0.2) is 4.39 Å². The Morgan fingerprint density at radius 1 is 0.850 bits per heavy atom. The highest BCUT2D eigenvalue weighted by Gasteiger charge is 2.71. The number of ether oxygens (including phenoxy) is 1. The van der Waals surface area contributed by atoms with Gasteiger partial charge in [-0.3, -0.25) is 14.4 Å². The number of carbonyl (C=O) groups excluding carboxylic acids is 3. The van der Waals surface area contributed by atoms with E-state index in [1.165, 1.54) is 19.2 Å². The number of methoxy groups -OCH3 is 1. The summed E-state index contributed by atoms with van der Waals surface area (Å²) >= 11 is 0. The van der Waals surface area contributed by atoms with Crippen molar-refractivity contribution < 1.29 is 23.5 Å². The third kappa shape index (κ3) is 3.16. The molecule has 0 saturated carbocycles. The second-order valence-electron chi connectivity index (χ2n) is 10.4. The average molecular weight is 530 g/mol. The van der Waals surface area contributed by atoms with Crippen LogP contribution in [0, 0.1) is 11.2 Å². The molecule has 6 heteroatoms. The van der Waals surface area contributed by atoms with Crippen molar-refractivity contribution in [1.29, 1.82) is 0 Å². The molecule has 3 aliphatic rings. The van der Waals surface area contributed by atoms with Crippen molar-refractivity contribution in [3.63, 3.8) is 0 Å². The SMILES string of the molecule is COc1cccc(C(=O)C2C(c3ccc(F)cc3)C3(C(=O)c4ccccc4C3=O)C3C=Cc4ccccc4N23)c1. The van der Waals surface area contributed by atoms with E-state index in [1.54, 1.807) is 60.7 Å². The van der Waals surface area contributed by atoms with Crippen LogP contribution in [0.3, 0.4) is 0 Å². The van der Waals surface area contributed by atoms with Crippen molar-refractivity contribution in [2.75, 3.05) is 12.0 Å². The van der Waals surface area contributed by atoms with E-state index in [9.17, 15) is 18.8 Å². The van der Waals surface area contributed by atoms with E-state index in [4.69, 9.17) is 4.74 Å². The molecule has 1 saturated heterocycles. The maximum absolute atomic E-state index is 14.6. The van der Waals surface area contributed by atoms with Gasteiger partial charge in [0.2, 0.25) is 0 Å². The van der Waals surface area contributed by atoms with Crippen LogP contribution >= 0.6 is 0 Å². The minimum Gasteiger partial charge on any atom is -0.497 e. The first-order valence-corrected chi connectivity index (χ1v) is 13.1. The van der Waals surface area contributed by atoms with Gasteiger partial charge in [0.05, 0.1) is 13.2 Å². The zero-order valence-corrected chi connectivity index (χ0v) is 21.6. The number of rotatable bonds is 4. The maximum atomic E-state index is 14.6. The highest BCUT2D eigenvalue weighted by molar-refractivity contribution is 6.32. The summed E-state index contributed by atoms with van der Waals surface area (Å²) in [5.74, 6) is -1.70. The molecule has 1 aliphatic carbocycles. The summed E-state index contributed by atoms with van der Waals surface area (Å²) in [7, 11) is 1.53. The molecule has 0 aromatic heterocycles. The lowest BCUT2D eigenvalue weighted by Crippen LogP contribution is -2.48. The minimum atomic E-state index is -1.62. The molecule has 2 heterocycles. The number of benzene rings is 4. The van der Waals surface area contributed by atoms with E-state index in [0.717, 1.165) is 11.3 Å². The van der Waals surface area contributed by atoms with Crippen molar-refractivity contribution in [2.45, 2.75) is 18.0 Å². The van der Waals surface area contributed by atoms with Crippen LogP contribution in [0.5, 0.6) is 5.75 Å². The van der Waals surface area contributed by atoms with Gasteiger partial charge < -0.3 is 9.64 Å². The number of ketones is 3. The van der Waals surface area contributed by atoms with Crippen LogP contribution in [-0.4, -0.2) is 36.5 Å². The smallest absolute Gasteiger partial charge is 0.186 e. The van der Waals surface area contributed by atoms with Gasteiger partial charge in [0.15, 0.2) is 17.3 Å². The topological polar surface area (TPSA) is 63.7 Å². The fourth-order valence-electron chi connectivity index (χ4n) is 6.91. The highest BCUT2D eigenvalue weighted by Crippen LogP contribution is 2.61. The van der Waals surface area contributed by atoms with Crippen LogP contribution in [0.25, 0.3) is 6.08 Å². The Hall–Kier alpha value is -4.84. The van der Waals surface area contributed by atoms with Gasteiger partial charge in [0.1, 0.15) is 23.0 Å². The quantitative estimate of drug-likeness (QED) is 0.234. The standard InChI is InChI=1S/C34H24FNO4/c1-40-24-9-6-8-22(19-24)31(37)30-29(21-13-16-23(35)17-14-21)34(32(38)25-10-3-4-11-26(25)33(34)39)28-18-15-20-7-2-5-12-27(20)36(28)30/h2-19,28-30H,1H3. The number of fused-ring (bicyclic) bond motifs is 5. The molecule has 0 radical (unpaired) electrons. The van der Waals surface area contributed by atoms with Crippen molar-refractivity contribution in [3.05, 3.63) is 137 Å². The van der Waals surface area contributed by atoms with Gasteiger partial charge in [-0.1, -0.05) is 78.9 Å². The number of carbonyl (C=O) groups is 3. The zero-order chi connectivity index (χ0) is 27.6. The van der Waals surface area contributed by atoms with Crippen LogP contribution in [0.15, 0.2) is 103 Å². The molecule has 4 aromatic carbocycles. The van der Waals surface area contributed by atoms with Gasteiger partial charge in [-0.15, -0.1) is 0 Å². The minimum absolute atomic E-state index is 0.253. The molecular formula is C34H24FNO4. The number of nitrogens with zero attached hydrogens (tertiary/aromatic N) is 1. The number of hydrogen-bond acceptors (Lipinski definition) is 5. The van der Waals surface area contributed by atoms with E-state index in [0.29, 0.717) is 28.0 Å². The van der Waals surface area contributed by atoms with Crippen LogP contribution in [-0.2, 0) is 0 Å². The fourth-order valence-corrected chi connectivity index (χ4v) is 6.91. The molecule has 5 nitrogen and oxygen atoms in total. The highest BCUT2D eigenvalue weighted by atomic mass is 19.1. The molecule has 40 heavy (non-hydrogen) atoms. The van der Waals surface area contributed by atoms with Gasteiger partial charge in [-0.2, -0.15) is 0 Å². The molecule has 4 aromatic rings. The lowest BCUT2D eigenvalue weighted by molar-refractivity contribution is 0.0666. The first kappa shape index (κ1) is 24.2. The van der Waals surface area contributed by atoms with E-state index in [2.05, 4.69) is 0 Å². The first-order chi connectivity index (χ1) is 19.5. The molecule has 1 spiro atoms. The Balaban J connectivity index is 1.54. The van der Waals surface area contributed by atoms with Gasteiger partial charge in [-0.05, 0) is 41.5 Å². The maximum Gasteiger partial charge on any atom is 0.186 e. The monoisotopic (exact) mass is 529 g/mol. The lowest BCUT2D eigenvalue weighted by atomic mass is 9.64. The summed E-state index contributed by atoms with van der Waals surface area (Å²) < 4.78 is 19.6. The van der Waals surface area contributed by atoms with Crippen molar-refractivity contribution in [2.24, 2.45) is 5.41 Å². The van der Waals surface area contributed by atoms with Gasteiger partial charge in [0, 0.05) is 28.3 Å². The summed E-state index contributed by atoms with van der Waals surface area (Å²) in [6, 6.07) is 25.5. The Bertz CT molecular complexity index is 1710. The number of para-hydroxylation sites is 1. The second-order valence-corrected chi connectivity index (χ2v) is 10.4. The van der Waals surface area contributed by atoms with Gasteiger partial charge >= 0.3 is 0 Å². The van der Waals surface area contributed by atoms with E-state index in [1.807, 2.05) is 41.3 Å². The van der Waals surface area contributed by atoms with Crippen LogP contribution in [0.1, 0.15) is 48.1 Å². The summed E-state index contributed by atoms with van der Waals surface area (Å²) in [4.78, 5) is 45.7. The largest absolute Gasteiger partial charge is 0.497 e. The molecule has 0 N–H and O–H groups in total. The van der Waals surface area contributed by atoms with Crippen LogP contribution in [0.2, 0.25) is 0 Å². The number of hydrogen-bond donors (Lipinski definition) is 0. The first-order valence-electron chi connectivity index (χ1n) is 13.1. The zero-order valence-electron chi connectivity index (χ0n) is 21.6. The Morgan fingerprint density at radius 2 is 1.52 bits per heavy atom. The number of Topliss-reactive ketones (excluding diaryl/α,β-unsaturated/α-hetero) is 3. The fraction of sp³-hybridized carbons (Fsp3) is 0.147. The number of anilines is 1. The molecule has 3 unspecified atom stereocenters. The second kappa shape index (κ2) is 8.85. The molecule has 3 atom stereocenters. The molecular weight excluding hydrogens is 505 g/mol. The average Bonchev–Trinajstić information content (AvgIpc) is 3.43. The van der Waals surface area contributed by atoms with Crippen LogP contribution in [0.4, 0.5) is 10.1 Å². The van der Waals surface area contributed by atoms with Crippen LogP contribution < -0.4 is 9.64 Å². The summed E-state index contributed by atoms with van der Waals surface area (Å²) in [5.41, 5.74) is 1.67. The van der Waals surface area contributed by atoms with E-state index >= 15 is 0 Å². The van der Waals surface area contributed by atoms with Crippen molar-refractivity contribution >= 4 is 29.1 Å². The molecule has 1 fully saturated rings. The molecule has 7 rings (SSSR count). The molecule has 0 amide bonds.